The average molecular weight is 265 g/mol. The summed E-state index contributed by atoms with van der Waals surface area (Å²) in [4.78, 5) is 0. The van der Waals surface area contributed by atoms with Gasteiger partial charge < -0.3 is 10.5 Å². The highest BCUT2D eigenvalue weighted by molar-refractivity contribution is 5.30. The van der Waals surface area contributed by atoms with Gasteiger partial charge in [-0.25, -0.2) is 4.39 Å². The molecule has 1 saturated carbocycles. The molecule has 0 aliphatic heterocycles. The van der Waals surface area contributed by atoms with Gasteiger partial charge in [0.15, 0.2) is 0 Å². The largest absolute Gasteiger partial charge is 0.490 e. The summed E-state index contributed by atoms with van der Waals surface area (Å²) in [5.41, 5.74) is 6.24. The highest BCUT2D eigenvalue weighted by Gasteiger charge is 2.21. The summed E-state index contributed by atoms with van der Waals surface area (Å²) in [6.07, 6.45) is 6.10. The summed E-state index contributed by atoms with van der Waals surface area (Å²) in [6.45, 7) is 4.03. The topological polar surface area (TPSA) is 35.2 Å². The maximum Gasteiger partial charge on any atom is 0.131 e. The van der Waals surface area contributed by atoms with E-state index in [9.17, 15) is 4.39 Å². The van der Waals surface area contributed by atoms with Gasteiger partial charge in [0, 0.05) is 17.7 Å². The van der Waals surface area contributed by atoms with Crippen LogP contribution in [0.1, 0.15) is 57.6 Å². The molecule has 2 N–H and O–H groups in total. The Balaban J connectivity index is 1.95. The number of hydrogen-bond acceptors (Lipinski definition) is 2. The lowest BCUT2D eigenvalue weighted by molar-refractivity contribution is 0.129. The van der Waals surface area contributed by atoms with E-state index >= 15 is 0 Å². The minimum absolute atomic E-state index is 0.239. The predicted octanol–water partition coefficient (Wildman–Crippen LogP) is 4.19. The second kappa shape index (κ2) is 6.38. The van der Waals surface area contributed by atoms with E-state index < -0.39 is 0 Å². The summed E-state index contributed by atoms with van der Waals surface area (Å²) >= 11 is 0. The van der Waals surface area contributed by atoms with Gasteiger partial charge in [-0.2, -0.15) is 0 Å². The Kier molecular flexibility index (Phi) is 4.81. The van der Waals surface area contributed by atoms with Gasteiger partial charge in [0.05, 0.1) is 6.10 Å². The monoisotopic (exact) mass is 265 g/mol. The molecule has 106 valence electrons. The first-order chi connectivity index (χ1) is 9.10. The lowest BCUT2D eigenvalue weighted by Crippen LogP contribution is -2.24. The van der Waals surface area contributed by atoms with Crippen LogP contribution in [0.5, 0.6) is 5.75 Å². The summed E-state index contributed by atoms with van der Waals surface area (Å²) in [5, 5.41) is 0. The molecule has 0 amide bonds. The molecular weight excluding hydrogens is 241 g/mol. The third kappa shape index (κ3) is 3.69. The second-order valence-electron chi connectivity index (χ2n) is 5.64. The molecule has 0 saturated heterocycles. The third-order valence-electron chi connectivity index (χ3n) is 4.14. The molecule has 0 aromatic heterocycles. The van der Waals surface area contributed by atoms with E-state index in [1.165, 1.54) is 25.3 Å². The maximum atomic E-state index is 13.8. The summed E-state index contributed by atoms with van der Waals surface area (Å²) in [7, 11) is 0. The van der Waals surface area contributed by atoms with E-state index in [-0.39, 0.29) is 18.0 Å². The first kappa shape index (κ1) is 14.3. The molecule has 0 radical (unpaired) electrons. The Morgan fingerprint density at radius 3 is 2.53 bits per heavy atom. The van der Waals surface area contributed by atoms with Gasteiger partial charge in [0.2, 0.25) is 0 Å². The van der Waals surface area contributed by atoms with Gasteiger partial charge in [0.1, 0.15) is 11.6 Å². The van der Waals surface area contributed by atoms with Crippen LogP contribution in [0.2, 0.25) is 0 Å². The molecule has 1 fully saturated rings. The Hall–Kier alpha value is -1.09. The van der Waals surface area contributed by atoms with Crippen molar-refractivity contribution in [2.45, 2.75) is 58.1 Å². The SMILES string of the molecule is CCC1CCC(Oc2ccc([C@H](C)N)c(F)c2)CC1. The number of hydrogen-bond donors (Lipinski definition) is 1. The maximum absolute atomic E-state index is 13.8. The van der Waals surface area contributed by atoms with Crippen LogP contribution < -0.4 is 10.5 Å². The molecule has 0 heterocycles. The summed E-state index contributed by atoms with van der Waals surface area (Å²) in [6, 6.07) is 4.74. The van der Waals surface area contributed by atoms with Gasteiger partial charge in [-0.1, -0.05) is 19.4 Å². The van der Waals surface area contributed by atoms with Gasteiger partial charge in [-0.05, 0) is 44.6 Å². The van der Waals surface area contributed by atoms with Crippen LogP contribution in [-0.2, 0) is 0 Å². The fraction of sp³-hybridized carbons (Fsp3) is 0.625. The third-order valence-corrected chi connectivity index (χ3v) is 4.14. The van der Waals surface area contributed by atoms with Crippen LogP contribution in [0.3, 0.4) is 0 Å². The van der Waals surface area contributed by atoms with Gasteiger partial charge >= 0.3 is 0 Å². The number of nitrogens with two attached hydrogens (primary N) is 1. The first-order valence-corrected chi connectivity index (χ1v) is 7.31. The normalized spacial score (nSPS) is 25.1. The Bertz CT molecular complexity index is 411. The number of ether oxygens (including phenoxy) is 1. The lowest BCUT2D eigenvalue weighted by atomic mass is 9.86. The fourth-order valence-electron chi connectivity index (χ4n) is 2.80. The Morgan fingerprint density at radius 1 is 1.32 bits per heavy atom. The summed E-state index contributed by atoms with van der Waals surface area (Å²) in [5.74, 6) is 1.20. The van der Waals surface area contributed by atoms with Crippen LogP contribution in [0.4, 0.5) is 4.39 Å². The van der Waals surface area contributed by atoms with Crippen molar-refractivity contribution in [3.8, 4) is 5.75 Å². The van der Waals surface area contributed by atoms with E-state index in [1.807, 2.05) is 6.07 Å². The molecule has 0 unspecified atom stereocenters. The van der Waals surface area contributed by atoms with Crippen molar-refractivity contribution in [3.63, 3.8) is 0 Å². The number of benzene rings is 1. The Labute approximate surface area is 115 Å². The number of halogens is 1. The van der Waals surface area contributed by atoms with Gasteiger partial charge in [-0.3, -0.25) is 0 Å². The highest BCUT2D eigenvalue weighted by Crippen LogP contribution is 2.30. The predicted molar refractivity (Wildman–Crippen MR) is 75.7 cm³/mol. The van der Waals surface area contributed by atoms with Gasteiger partial charge in [-0.15, -0.1) is 0 Å². The lowest BCUT2D eigenvalue weighted by Gasteiger charge is -2.28. The molecule has 1 aromatic carbocycles. The van der Waals surface area contributed by atoms with Crippen LogP contribution in [0.25, 0.3) is 0 Å². The molecule has 1 atom stereocenters. The molecule has 1 aliphatic rings. The second-order valence-corrected chi connectivity index (χ2v) is 5.64. The highest BCUT2D eigenvalue weighted by atomic mass is 19.1. The van der Waals surface area contributed by atoms with Crippen LogP contribution in [-0.4, -0.2) is 6.10 Å². The van der Waals surface area contributed by atoms with Crippen molar-refractivity contribution in [2.75, 3.05) is 0 Å². The summed E-state index contributed by atoms with van der Waals surface area (Å²) < 4.78 is 19.7. The molecule has 2 nitrogen and oxygen atoms in total. The van der Waals surface area contributed by atoms with Crippen molar-refractivity contribution >= 4 is 0 Å². The smallest absolute Gasteiger partial charge is 0.131 e. The van der Waals surface area contributed by atoms with Crippen LogP contribution >= 0.6 is 0 Å². The van der Waals surface area contributed by atoms with Crippen LogP contribution in [0.15, 0.2) is 18.2 Å². The van der Waals surface area contributed by atoms with E-state index in [0.717, 1.165) is 18.8 Å². The van der Waals surface area contributed by atoms with E-state index in [1.54, 1.807) is 13.0 Å². The number of rotatable bonds is 4. The van der Waals surface area contributed by atoms with Crippen molar-refractivity contribution < 1.29 is 9.13 Å². The molecule has 0 spiro atoms. The molecule has 1 aromatic rings. The molecular formula is C16H24FNO. The minimum atomic E-state index is -0.283. The molecule has 0 bridgehead atoms. The molecule has 2 rings (SSSR count). The van der Waals surface area contributed by atoms with Crippen molar-refractivity contribution in [1.82, 2.24) is 0 Å². The quantitative estimate of drug-likeness (QED) is 0.885. The standard InChI is InChI=1S/C16H24FNO/c1-3-12-4-6-13(7-5-12)19-14-8-9-15(11(2)18)16(17)10-14/h8-13H,3-7,18H2,1-2H3/t11-,12?,13?/m0/s1. The zero-order chi connectivity index (χ0) is 13.8. The Morgan fingerprint density at radius 2 is 2.00 bits per heavy atom. The van der Waals surface area contributed by atoms with E-state index in [4.69, 9.17) is 10.5 Å². The van der Waals surface area contributed by atoms with Gasteiger partial charge in [0.25, 0.3) is 0 Å². The molecule has 1 aliphatic carbocycles. The minimum Gasteiger partial charge on any atom is -0.490 e. The van der Waals surface area contributed by atoms with Crippen molar-refractivity contribution in [3.05, 3.63) is 29.6 Å². The zero-order valence-electron chi connectivity index (χ0n) is 11.9. The first-order valence-electron chi connectivity index (χ1n) is 7.31. The van der Waals surface area contributed by atoms with Crippen molar-refractivity contribution in [1.29, 1.82) is 0 Å². The van der Waals surface area contributed by atoms with E-state index in [0.29, 0.717) is 11.3 Å². The molecule has 19 heavy (non-hydrogen) atoms. The zero-order valence-corrected chi connectivity index (χ0v) is 11.9. The van der Waals surface area contributed by atoms with Crippen molar-refractivity contribution in [2.24, 2.45) is 11.7 Å². The average Bonchev–Trinajstić information content (AvgIpc) is 2.39. The molecule has 3 heteroatoms. The van der Waals surface area contributed by atoms with Crippen LogP contribution in [0, 0.1) is 11.7 Å². The fourth-order valence-corrected chi connectivity index (χ4v) is 2.80. The van der Waals surface area contributed by atoms with E-state index in [2.05, 4.69) is 6.92 Å².